The van der Waals surface area contributed by atoms with Crippen LogP contribution in [0.2, 0.25) is 0 Å². The summed E-state index contributed by atoms with van der Waals surface area (Å²) in [4.78, 5) is 41.8. The van der Waals surface area contributed by atoms with Crippen LogP contribution in [0.1, 0.15) is 36.8 Å². The molecule has 0 aliphatic carbocycles. The van der Waals surface area contributed by atoms with Gasteiger partial charge in [0.1, 0.15) is 23.6 Å². The number of rotatable bonds is 4. The zero-order valence-corrected chi connectivity index (χ0v) is 23.0. The van der Waals surface area contributed by atoms with Crippen molar-refractivity contribution in [1.82, 2.24) is 15.5 Å². The Morgan fingerprint density at radius 2 is 1.50 bits per heavy atom. The first kappa shape index (κ1) is 31.2. The van der Waals surface area contributed by atoms with Crippen LogP contribution in [0.4, 0.5) is 0 Å². The minimum Gasteiger partial charge on any atom is -0.508 e. The van der Waals surface area contributed by atoms with Crippen LogP contribution in [-0.4, -0.2) is 81.8 Å². The second-order valence-corrected chi connectivity index (χ2v) is 10.3. The van der Waals surface area contributed by atoms with Crippen LogP contribution in [0.3, 0.4) is 0 Å². The summed E-state index contributed by atoms with van der Waals surface area (Å²) in [6.45, 7) is 0.992. The Kier molecular flexibility index (Phi) is 10.7. The van der Waals surface area contributed by atoms with Crippen molar-refractivity contribution >= 4 is 30.1 Å². The van der Waals surface area contributed by atoms with Crippen LogP contribution in [0.15, 0.2) is 36.4 Å². The molecule has 4 atom stereocenters. The minimum absolute atomic E-state index is 0. The second kappa shape index (κ2) is 13.8. The van der Waals surface area contributed by atoms with Crippen molar-refractivity contribution in [3.8, 4) is 22.6 Å². The summed E-state index contributed by atoms with van der Waals surface area (Å²) in [5.74, 6) is -1.68. The summed E-state index contributed by atoms with van der Waals surface area (Å²) in [7, 11) is 0. The highest BCUT2D eigenvalue weighted by atomic mass is 35.5. The zero-order valence-electron chi connectivity index (χ0n) is 22.2. The summed E-state index contributed by atoms with van der Waals surface area (Å²) in [5, 5.41) is 36.7. The van der Waals surface area contributed by atoms with Crippen LogP contribution < -0.4 is 22.1 Å². The number of carbonyl (C=O) groups is 3. The highest BCUT2D eigenvalue weighted by Crippen LogP contribution is 2.31. The molecule has 2 aromatic carbocycles. The van der Waals surface area contributed by atoms with Crippen LogP contribution in [0, 0.1) is 0 Å². The first-order valence-electron chi connectivity index (χ1n) is 13.3. The Balaban J connectivity index is 0.00000441. The number of benzene rings is 2. The lowest BCUT2D eigenvalue weighted by Crippen LogP contribution is -2.58. The summed E-state index contributed by atoms with van der Waals surface area (Å²) in [6, 6.07) is 6.56. The highest BCUT2D eigenvalue weighted by molar-refractivity contribution is 5.93. The number of phenolic OH excluding ortho intramolecular Hbond substituents is 2. The number of nitrogens with two attached hydrogens (primary N) is 2. The molecule has 0 saturated carbocycles. The molecule has 40 heavy (non-hydrogen) atoms. The van der Waals surface area contributed by atoms with Crippen LogP contribution >= 0.6 is 12.4 Å². The minimum atomic E-state index is -1.22. The molecule has 1 saturated heterocycles. The molecule has 0 aromatic heterocycles. The van der Waals surface area contributed by atoms with Crippen molar-refractivity contribution < 1.29 is 29.7 Å². The third-order valence-electron chi connectivity index (χ3n) is 7.39. The SMILES string of the molecule is Cl.NC[C@H](O)C[C@@H]1NC(=O)[C@@H](N)Cc2cc(ccc2O)-c2ccc(O)c(c2)C[C@@H](C(=O)N2CCCCC2)NC1=O. The van der Waals surface area contributed by atoms with Crippen molar-refractivity contribution in [2.75, 3.05) is 19.6 Å². The Labute approximate surface area is 239 Å². The number of nitrogens with one attached hydrogen (secondary N) is 2. The predicted octanol–water partition coefficient (Wildman–Crippen LogP) is 0.304. The molecule has 2 heterocycles. The molecule has 4 bridgehead atoms. The lowest BCUT2D eigenvalue weighted by molar-refractivity contribution is -0.138. The monoisotopic (exact) mass is 575 g/mol. The van der Waals surface area contributed by atoms with E-state index in [0.717, 1.165) is 30.4 Å². The van der Waals surface area contributed by atoms with Crippen LogP contribution in [0.5, 0.6) is 11.5 Å². The van der Waals surface area contributed by atoms with E-state index in [1.165, 1.54) is 12.1 Å². The Hall–Kier alpha value is -3.38. The van der Waals surface area contributed by atoms with Crippen molar-refractivity contribution in [3.05, 3.63) is 47.5 Å². The maximum atomic E-state index is 13.6. The van der Waals surface area contributed by atoms with E-state index in [0.29, 0.717) is 24.2 Å². The first-order chi connectivity index (χ1) is 18.7. The van der Waals surface area contributed by atoms with Crippen molar-refractivity contribution in [2.24, 2.45) is 11.5 Å². The average Bonchev–Trinajstić information content (AvgIpc) is 2.94. The summed E-state index contributed by atoms with van der Waals surface area (Å²) < 4.78 is 0. The van der Waals surface area contributed by atoms with Gasteiger partial charge in [-0.25, -0.2) is 0 Å². The first-order valence-corrected chi connectivity index (χ1v) is 13.3. The number of aliphatic hydroxyl groups excluding tert-OH is 1. The summed E-state index contributed by atoms with van der Waals surface area (Å²) >= 11 is 0. The maximum Gasteiger partial charge on any atom is 0.245 e. The number of hydrogen-bond donors (Lipinski definition) is 7. The third kappa shape index (κ3) is 7.42. The number of piperidine rings is 1. The molecule has 9 N–H and O–H groups in total. The standard InChI is InChI=1S/C28H37N5O6.ClH/c29-15-20(34)14-22-27(38)32-23(28(39)33-8-2-1-3-9-33)13-19-11-17(5-7-25(19)36)16-4-6-24(35)18(10-16)12-21(30)26(37)31-22;/h4-7,10-11,20-23,34-36H,1-3,8-9,12-15,29-30H2,(H,31,37)(H,32,38);1H/t20-,21+,22+,23+;/m1./s1. The fraction of sp³-hybridized carbons (Fsp3) is 0.464. The van der Waals surface area contributed by atoms with E-state index in [-0.39, 0.29) is 55.6 Å². The van der Waals surface area contributed by atoms with Crippen LogP contribution in [-0.2, 0) is 27.2 Å². The number of nitrogens with zero attached hydrogens (tertiary/aromatic N) is 1. The number of hydrogen-bond acceptors (Lipinski definition) is 8. The lowest BCUT2D eigenvalue weighted by Gasteiger charge is -2.32. The van der Waals surface area contributed by atoms with Crippen molar-refractivity contribution in [3.63, 3.8) is 0 Å². The van der Waals surface area contributed by atoms with Gasteiger partial charge in [-0.2, -0.15) is 0 Å². The highest BCUT2D eigenvalue weighted by Gasteiger charge is 2.33. The molecular formula is C28H38ClN5O6. The largest absolute Gasteiger partial charge is 0.508 e. The summed E-state index contributed by atoms with van der Waals surface area (Å²) in [6.07, 6.45) is 1.45. The molecule has 0 spiro atoms. The van der Waals surface area contributed by atoms with Gasteiger partial charge in [-0.1, -0.05) is 12.1 Å². The molecule has 11 nitrogen and oxygen atoms in total. The molecule has 2 aromatic rings. The Bertz CT molecular complexity index is 1220. The van der Waals surface area contributed by atoms with Gasteiger partial charge < -0.3 is 42.3 Å². The fourth-order valence-corrected chi connectivity index (χ4v) is 5.09. The number of carbonyl (C=O) groups excluding carboxylic acids is 3. The number of amides is 3. The van der Waals surface area contributed by atoms with Gasteiger partial charge in [-0.15, -0.1) is 12.4 Å². The third-order valence-corrected chi connectivity index (χ3v) is 7.39. The number of phenols is 2. The van der Waals surface area contributed by atoms with Gasteiger partial charge in [0.05, 0.1) is 12.1 Å². The van der Waals surface area contributed by atoms with Gasteiger partial charge in [0.15, 0.2) is 0 Å². The molecule has 4 rings (SSSR count). The predicted molar refractivity (Wildman–Crippen MR) is 152 cm³/mol. The maximum absolute atomic E-state index is 13.6. The zero-order chi connectivity index (χ0) is 28.1. The number of halogens is 1. The van der Waals surface area contributed by atoms with Gasteiger partial charge in [0, 0.05) is 38.9 Å². The van der Waals surface area contributed by atoms with Crippen molar-refractivity contribution in [1.29, 1.82) is 0 Å². The molecule has 0 unspecified atom stereocenters. The molecular weight excluding hydrogens is 538 g/mol. The van der Waals surface area contributed by atoms with E-state index in [4.69, 9.17) is 11.5 Å². The van der Waals surface area contributed by atoms with Crippen LogP contribution in [0.25, 0.3) is 11.1 Å². The molecule has 218 valence electrons. The molecule has 2 aliphatic rings. The Morgan fingerprint density at radius 3 is 2.08 bits per heavy atom. The lowest BCUT2D eigenvalue weighted by atomic mass is 9.95. The van der Waals surface area contributed by atoms with Gasteiger partial charge in [0.25, 0.3) is 0 Å². The molecule has 12 heteroatoms. The van der Waals surface area contributed by atoms with E-state index >= 15 is 0 Å². The number of fused-ring (bicyclic) bond motifs is 5. The van der Waals surface area contributed by atoms with E-state index in [1.807, 2.05) is 0 Å². The number of likely N-dealkylation sites (tertiary alicyclic amines) is 1. The van der Waals surface area contributed by atoms with Crippen molar-refractivity contribution in [2.45, 2.75) is 62.8 Å². The normalized spacial score (nSPS) is 22.6. The summed E-state index contributed by atoms with van der Waals surface area (Å²) in [5.41, 5.74) is 14.0. The quantitative estimate of drug-likeness (QED) is 0.271. The fourth-order valence-electron chi connectivity index (χ4n) is 5.09. The number of aromatic hydroxyl groups is 2. The Morgan fingerprint density at radius 1 is 0.925 bits per heavy atom. The van der Waals surface area contributed by atoms with Gasteiger partial charge >= 0.3 is 0 Å². The van der Waals surface area contributed by atoms with Gasteiger partial charge in [0.2, 0.25) is 17.7 Å². The molecule has 3 amide bonds. The number of aliphatic hydroxyl groups is 1. The molecule has 0 radical (unpaired) electrons. The average molecular weight is 576 g/mol. The van der Waals surface area contributed by atoms with Gasteiger partial charge in [-0.3, -0.25) is 14.4 Å². The van der Waals surface area contributed by atoms with E-state index in [2.05, 4.69) is 10.6 Å². The smallest absolute Gasteiger partial charge is 0.245 e. The van der Waals surface area contributed by atoms with E-state index in [9.17, 15) is 29.7 Å². The second-order valence-electron chi connectivity index (χ2n) is 10.3. The molecule has 2 aliphatic heterocycles. The molecule has 1 fully saturated rings. The topological polar surface area (TPSA) is 191 Å². The van der Waals surface area contributed by atoms with E-state index in [1.54, 1.807) is 29.2 Å². The van der Waals surface area contributed by atoms with E-state index < -0.39 is 36.0 Å². The van der Waals surface area contributed by atoms with Gasteiger partial charge in [-0.05, 0) is 65.8 Å².